The molecule has 3 N–H and O–H groups in total. The van der Waals surface area contributed by atoms with Gasteiger partial charge in [0, 0.05) is 12.0 Å². The molecular formula is C20H29FN2O4. The Bertz CT molecular complexity index is 696. The number of carboxylic acids is 1. The molecule has 0 bridgehead atoms. The molecular weight excluding hydrogens is 351 g/mol. The van der Waals surface area contributed by atoms with Gasteiger partial charge in [0.2, 0.25) is 5.91 Å². The Hall–Kier alpha value is -2.44. The van der Waals surface area contributed by atoms with Crippen molar-refractivity contribution >= 4 is 23.5 Å². The summed E-state index contributed by atoms with van der Waals surface area (Å²) in [6, 6.07) is 2.59. The fourth-order valence-corrected chi connectivity index (χ4v) is 2.41. The molecule has 0 aromatic heterocycles. The van der Waals surface area contributed by atoms with Gasteiger partial charge in [-0.25, -0.2) is 9.18 Å². The van der Waals surface area contributed by atoms with Gasteiger partial charge < -0.3 is 15.7 Å². The van der Waals surface area contributed by atoms with Crippen LogP contribution in [0.2, 0.25) is 0 Å². The molecule has 0 fully saturated rings. The van der Waals surface area contributed by atoms with E-state index in [0.717, 1.165) is 6.07 Å². The van der Waals surface area contributed by atoms with E-state index in [1.165, 1.54) is 12.1 Å². The molecule has 1 rings (SSSR count). The lowest BCUT2D eigenvalue weighted by Crippen LogP contribution is -2.41. The third kappa shape index (κ3) is 8.19. The standard InChI is InChI=1S/C20H29FN2O4/c1-12(2)10-17(24)22-15-7-6-13(11-14(15)21)18(25)23-16(19(26)27)8-9-20(3,4)5/h6-7,11-12,16H,8-10H2,1-5H3,(H,22,24)(H,23,25)(H,26,27). The summed E-state index contributed by atoms with van der Waals surface area (Å²) in [5.74, 6) is -2.73. The zero-order valence-corrected chi connectivity index (χ0v) is 16.6. The van der Waals surface area contributed by atoms with Crippen molar-refractivity contribution in [1.82, 2.24) is 5.32 Å². The molecule has 7 heteroatoms. The summed E-state index contributed by atoms with van der Waals surface area (Å²) in [6.45, 7) is 9.70. The average molecular weight is 380 g/mol. The number of carbonyl (C=O) groups is 3. The highest BCUT2D eigenvalue weighted by Crippen LogP contribution is 2.22. The predicted octanol–water partition coefficient (Wildman–Crippen LogP) is 3.82. The Labute approximate surface area is 159 Å². The number of hydrogen-bond acceptors (Lipinski definition) is 3. The second-order valence-electron chi connectivity index (χ2n) is 8.30. The Morgan fingerprint density at radius 2 is 1.81 bits per heavy atom. The highest BCUT2D eigenvalue weighted by molar-refractivity contribution is 5.97. The molecule has 6 nitrogen and oxygen atoms in total. The minimum absolute atomic E-state index is 0.00336. The first-order chi connectivity index (χ1) is 12.4. The van der Waals surface area contributed by atoms with E-state index in [9.17, 15) is 23.9 Å². The first kappa shape index (κ1) is 22.6. The van der Waals surface area contributed by atoms with Crippen LogP contribution in [0, 0.1) is 17.2 Å². The van der Waals surface area contributed by atoms with Gasteiger partial charge in [0.25, 0.3) is 5.91 Å². The Balaban J connectivity index is 2.80. The summed E-state index contributed by atoms with van der Waals surface area (Å²) in [4.78, 5) is 35.4. The lowest BCUT2D eigenvalue weighted by molar-refractivity contribution is -0.139. The van der Waals surface area contributed by atoms with Gasteiger partial charge in [-0.1, -0.05) is 34.6 Å². The Morgan fingerprint density at radius 3 is 2.30 bits per heavy atom. The largest absolute Gasteiger partial charge is 0.480 e. The molecule has 1 aromatic carbocycles. The van der Waals surface area contributed by atoms with Crippen LogP contribution in [0.5, 0.6) is 0 Å². The quantitative estimate of drug-likeness (QED) is 0.639. The van der Waals surface area contributed by atoms with Gasteiger partial charge in [0.1, 0.15) is 11.9 Å². The summed E-state index contributed by atoms with van der Waals surface area (Å²) in [6.07, 6.45) is 1.14. The van der Waals surface area contributed by atoms with E-state index >= 15 is 0 Å². The topological polar surface area (TPSA) is 95.5 Å². The number of benzene rings is 1. The lowest BCUT2D eigenvalue weighted by Gasteiger charge is -2.21. The average Bonchev–Trinajstić information content (AvgIpc) is 2.51. The van der Waals surface area contributed by atoms with Crippen LogP contribution in [0.15, 0.2) is 18.2 Å². The van der Waals surface area contributed by atoms with Crippen LogP contribution in [0.4, 0.5) is 10.1 Å². The van der Waals surface area contributed by atoms with Crippen molar-refractivity contribution < 1.29 is 23.9 Å². The molecule has 0 saturated carbocycles. The summed E-state index contributed by atoms with van der Waals surface area (Å²) in [5.41, 5.74) is -0.0866. The number of halogens is 1. The van der Waals surface area contributed by atoms with E-state index in [-0.39, 0.29) is 41.3 Å². The zero-order valence-electron chi connectivity index (χ0n) is 16.6. The van der Waals surface area contributed by atoms with Crippen molar-refractivity contribution in [3.05, 3.63) is 29.6 Å². The third-order valence-corrected chi connectivity index (χ3v) is 3.89. The number of carbonyl (C=O) groups excluding carboxylic acids is 2. The number of nitrogens with one attached hydrogen (secondary N) is 2. The van der Waals surface area contributed by atoms with Crippen molar-refractivity contribution in [2.75, 3.05) is 5.32 Å². The zero-order chi connectivity index (χ0) is 20.8. The highest BCUT2D eigenvalue weighted by atomic mass is 19.1. The van der Waals surface area contributed by atoms with E-state index in [0.29, 0.717) is 6.42 Å². The number of carboxylic acid groups (broad SMARTS) is 1. The number of anilines is 1. The maximum Gasteiger partial charge on any atom is 0.326 e. The monoisotopic (exact) mass is 380 g/mol. The molecule has 1 atom stereocenters. The maximum absolute atomic E-state index is 14.2. The Morgan fingerprint density at radius 1 is 1.19 bits per heavy atom. The van der Waals surface area contributed by atoms with Crippen molar-refractivity contribution in [1.29, 1.82) is 0 Å². The molecule has 1 aromatic rings. The minimum Gasteiger partial charge on any atom is -0.480 e. The minimum atomic E-state index is -1.13. The maximum atomic E-state index is 14.2. The van der Waals surface area contributed by atoms with Crippen LogP contribution in [-0.2, 0) is 9.59 Å². The van der Waals surface area contributed by atoms with Crippen LogP contribution < -0.4 is 10.6 Å². The summed E-state index contributed by atoms with van der Waals surface area (Å²) in [5, 5.41) is 14.2. The fraction of sp³-hybridized carbons (Fsp3) is 0.550. The van der Waals surface area contributed by atoms with E-state index in [2.05, 4.69) is 10.6 Å². The van der Waals surface area contributed by atoms with E-state index in [1.54, 1.807) is 0 Å². The molecule has 0 aliphatic heterocycles. The van der Waals surface area contributed by atoms with Crippen molar-refractivity contribution in [3.63, 3.8) is 0 Å². The predicted molar refractivity (Wildman–Crippen MR) is 102 cm³/mol. The SMILES string of the molecule is CC(C)CC(=O)Nc1ccc(C(=O)NC(CCC(C)(C)C)C(=O)O)cc1F. The molecule has 0 heterocycles. The second kappa shape index (κ2) is 9.48. The van der Waals surface area contributed by atoms with Crippen LogP contribution in [-0.4, -0.2) is 28.9 Å². The van der Waals surface area contributed by atoms with Gasteiger partial charge >= 0.3 is 5.97 Å². The Kier molecular flexibility index (Phi) is 7.94. The normalized spacial score (nSPS) is 12.6. The van der Waals surface area contributed by atoms with Crippen molar-refractivity contribution in [2.45, 2.75) is 59.9 Å². The van der Waals surface area contributed by atoms with Gasteiger partial charge in [-0.15, -0.1) is 0 Å². The van der Waals surface area contributed by atoms with Crippen molar-refractivity contribution in [2.24, 2.45) is 11.3 Å². The summed E-state index contributed by atoms with van der Waals surface area (Å²) >= 11 is 0. The molecule has 0 radical (unpaired) electrons. The summed E-state index contributed by atoms with van der Waals surface area (Å²) < 4.78 is 14.2. The first-order valence-electron chi connectivity index (χ1n) is 9.02. The summed E-state index contributed by atoms with van der Waals surface area (Å²) in [7, 11) is 0. The highest BCUT2D eigenvalue weighted by Gasteiger charge is 2.23. The molecule has 0 aliphatic carbocycles. The molecule has 27 heavy (non-hydrogen) atoms. The fourth-order valence-electron chi connectivity index (χ4n) is 2.41. The third-order valence-electron chi connectivity index (χ3n) is 3.89. The second-order valence-corrected chi connectivity index (χ2v) is 8.30. The van der Waals surface area contributed by atoms with E-state index in [4.69, 9.17) is 0 Å². The molecule has 150 valence electrons. The number of amides is 2. The molecule has 0 aliphatic rings. The van der Waals surface area contributed by atoms with Gasteiger partial charge in [-0.3, -0.25) is 9.59 Å². The van der Waals surface area contributed by atoms with Gasteiger partial charge in [-0.2, -0.15) is 0 Å². The smallest absolute Gasteiger partial charge is 0.326 e. The van der Waals surface area contributed by atoms with Crippen LogP contribution in [0.25, 0.3) is 0 Å². The lowest BCUT2D eigenvalue weighted by atomic mass is 9.88. The van der Waals surface area contributed by atoms with Gasteiger partial charge in [0.05, 0.1) is 5.69 Å². The number of hydrogen-bond donors (Lipinski definition) is 3. The molecule has 0 saturated heterocycles. The molecule has 0 spiro atoms. The van der Waals surface area contributed by atoms with Crippen LogP contribution in [0.3, 0.4) is 0 Å². The van der Waals surface area contributed by atoms with Gasteiger partial charge in [0.15, 0.2) is 0 Å². The molecule has 1 unspecified atom stereocenters. The van der Waals surface area contributed by atoms with Gasteiger partial charge in [-0.05, 0) is 42.4 Å². The van der Waals surface area contributed by atoms with Crippen molar-refractivity contribution in [3.8, 4) is 0 Å². The van der Waals surface area contributed by atoms with E-state index in [1.807, 2.05) is 34.6 Å². The van der Waals surface area contributed by atoms with Crippen LogP contribution >= 0.6 is 0 Å². The first-order valence-corrected chi connectivity index (χ1v) is 9.02. The van der Waals surface area contributed by atoms with Crippen LogP contribution in [0.1, 0.15) is 64.2 Å². The number of aliphatic carboxylic acids is 1. The molecule has 2 amide bonds. The van der Waals surface area contributed by atoms with E-state index < -0.39 is 23.7 Å². The number of rotatable bonds is 8.